The highest BCUT2D eigenvalue weighted by atomic mass is 16.6. The number of aliphatic hydroxyl groups is 6. The first kappa shape index (κ1) is 19.9. The molecule has 2 saturated heterocycles. The van der Waals surface area contributed by atoms with Gasteiger partial charge in [-0.25, -0.2) is 4.79 Å². The summed E-state index contributed by atoms with van der Waals surface area (Å²) in [4.78, 5) is 12.5. The minimum Gasteiger partial charge on any atom is -0.460 e. The molecule has 29 heavy (non-hydrogen) atoms. The van der Waals surface area contributed by atoms with Gasteiger partial charge in [0, 0.05) is 11.3 Å². The van der Waals surface area contributed by atoms with Crippen molar-refractivity contribution in [3.05, 3.63) is 11.6 Å². The number of esters is 1. The van der Waals surface area contributed by atoms with Gasteiger partial charge >= 0.3 is 5.97 Å². The molecule has 5 rings (SSSR count). The van der Waals surface area contributed by atoms with Gasteiger partial charge in [-0.2, -0.15) is 0 Å². The summed E-state index contributed by atoms with van der Waals surface area (Å²) in [6, 6.07) is 0. The van der Waals surface area contributed by atoms with Crippen molar-refractivity contribution < 1.29 is 44.9 Å². The van der Waals surface area contributed by atoms with Gasteiger partial charge < -0.3 is 40.1 Å². The molecule has 6 N–H and O–H groups in total. The summed E-state index contributed by atoms with van der Waals surface area (Å²) in [5, 5.41) is 66.5. The number of hydrogen-bond acceptors (Lipinski definition) is 9. The Labute approximate surface area is 167 Å². The molecule has 0 aromatic carbocycles. The molecular weight excluding hydrogens is 384 g/mol. The van der Waals surface area contributed by atoms with Gasteiger partial charge in [0.05, 0.1) is 30.3 Å². The van der Waals surface area contributed by atoms with E-state index in [0.717, 1.165) is 5.57 Å². The molecule has 0 aromatic heterocycles. The molecule has 9 heteroatoms. The molecule has 2 saturated carbocycles. The van der Waals surface area contributed by atoms with Crippen LogP contribution in [-0.4, -0.2) is 91.0 Å². The zero-order chi connectivity index (χ0) is 21.3. The summed E-state index contributed by atoms with van der Waals surface area (Å²) >= 11 is 0. The van der Waals surface area contributed by atoms with Crippen molar-refractivity contribution in [3.63, 3.8) is 0 Å². The van der Waals surface area contributed by atoms with Crippen LogP contribution in [0.5, 0.6) is 0 Å². The molecule has 0 amide bonds. The van der Waals surface area contributed by atoms with Crippen LogP contribution < -0.4 is 0 Å². The Morgan fingerprint density at radius 3 is 2.41 bits per heavy atom. The molecule has 3 aliphatic carbocycles. The van der Waals surface area contributed by atoms with Crippen molar-refractivity contribution >= 4 is 5.97 Å². The van der Waals surface area contributed by atoms with Crippen molar-refractivity contribution in [1.82, 2.24) is 0 Å². The third-order valence-electron chi connectivity index (χ3n) is 9.13. The van der Waals surface area contributed by atoms with Gasteiger partial charge in [0.2, 0.25) is 0 Å². The monoisotopic (exact) mass is 412 g/mol. The molecule has 12 atom stereocenters. The molecule has 5 aliphatic rings. The maximum absolute atomic E-state index is 12.5. The highest BCUT2D eigenvalue weighted by Crippen LogP contribution is 2.73. The highest BCUT2D eigenvalue weighted by molar-refractivity contribution is 5.79. The third kappa shape index (κ3) is 1.75. The first-order valence-corrected chi connectivity index (χ1v) is 10.0. The molecule has 4 fully saturated rings. The van der Waals surface area contributed by atoms with Crippen LogP contribution in [0.4, 0.5) is 0 Å². The lowest BCUT2D eigenvalue weighted by Gasteiger charge is -2.70. The van der Waals surface area contributed by atoms with Crippen molar-refractivity contribution in [3.8, 4) is 0 Å². The quantitative estimate of drug-likeness (QED) is 0.193. The van der Waals surface area contributed by atoms with Crippen molar-refractivity contribution in [2.75, 3.05) is 6.61 Å². The number of allylic oxidation sites excluding steroid dienone is 1. The Morgan fingerprint density at radius 1 is 1.10 bits per heavy atom. The van der Waals surface area contributed by atoms with Crippen molar-refractivity contribution in [2.45, 2.75) is 75.0 Å². The molecule has 9 nitrogen and oxygen atoms in total. The van der Waals surface area contributed by atoms with Gasteiger partial charge in [-0.3, -0.25) is 0 Å². The summed E-state index contributed by atoms with van der Waals surface area (Å²) in [6.45, 7) is 4.69. The number of fused-ring (bicyclic) bond motifs is 2. The maximum Gasteiger partial charge on any atom is 0.338 e. The topological polar surface area (TPSA) is 157 Å². The minimum atomic E-state index is -2.24. The fourth-order valence-corrected chi connectivity index (χ4v) is 7.72. The zero-order valence-electron chi connectivity index (χ0n) is 16.5. The van der Waals surface area contributed by atoms with E-state index in [4.69, 9.17) is 9.47 Å². The fraction of sp³-hybridized carbons (Fsp3) is 0.850. The Morgan fingerprint density at radius 2 is 1.76 bits per heavy atom. The molecule has 1 spiro atoms. The lowest BCUT2D eigenvalue weighted by Crippen LogP contribution is -2.86. The van der Waals surface area contributed by atoms with Gasteiger partial charge in [-0.15, -0.1) is 0 Å². The standard InChI is InChI=1S/C20H28O9/c1-7-4-9(21)13(23)17(2)8(7)5-10-19-6-28-18(3,14(24)11(22)12(17)19)20(19,27)15(25)16(26)29-10/h4,8-15,21-25,27H,5-6H2,1-3H3/t8?,9?,10?,11?,12?,13?,14?,15?,17-,18+,19+,20+/m0/s1. The molecule has 0 aromatic rings. The third-order valence-corrected chi connectivity index (χ3v) is 9.13. The number of rotatable bonds is 0. The lowest BCUT2D eigenvalue weighted by atomic mass is 9.36. The average molecular weight is 412 g/mol. The van der Waals surface area contributed by atoms with Gasteiger partial charge in [-0.05, 0) is 26.2 Å². The molecule has 0 radical (unpaired) electrons. The van der Waals surface area contributed by atoms with E-state index in [-0.39, 0.29) is 18.9 Å². The van der Waals surface area contributed by atoms with Crippen LogP contribution in [0.25, 0.3) is 0 Å². The van der Waals surface area contributed by atoms with Crippen LogP contribution in [0, 0.1) is 22.7 Å². The second-order valence-electron chi connectivity index (χ2n) is 9.94. The molecule has 2 bridgehead atoms. The zero-order valence-corrected chi connectivity index (χ0v) is 16.5. The van der Waals surface area contributed by atoms with E-state index >= 15 is 0 Å². The Bertz CT molecular complexity index is 814. The van der Waals surface area contributed by atoms with Crippen LogP contribution in [0.1, 0.15) is 27.2 Å². The number of carbonyl (C=O) groups is 1. The van der Waals surface area contributed by atoms with E-state index < -0.39 is 70.5 Å². The second-order valence-corrected chi connectivity index (χ2v) is 9.94. The van der Waals surface area contributed by atoms with E-state index in [2.05, 4.69) is 0 Å². The van der Waals surface area contributed by atoms with E-state index in [0.29, 0.717) is 0 Å². The van der Waals surface area contributed by atoms with E-state index in [1.165, 1.54) is 6.92 Å². The van der Waals surface area contributed by atoms with Crippen molar-refractivity contribution in [2.24, 2.45) is 22.7 Å². The summed E-state index contributed by atoms with van der Waals surface area (Å²) in [7, 11) is 0. The van der Waals surface area contributed by atoms with Crippen molar-refractivity contribution in [1.29, 1.82) is 0 Å². The van der Waals surface area contributed by atoms with Crippen LogP contribution in [0.15, 0.2) is 11.6 Å². The summed E-state index contributed by atoms with van der Waals surface area (Å²) in [5.74, 6) is -2.42. The number of carbonyl (C=O) groups excluding carboxylic acids is 1. The van der Waals surface area contributed by atoms with E-state index in [1.54, 1.807) is 19.9 Å². The number of aliphatic hydroxyl groups excluding tert-OH is 5. The first-order valence-electron chi connectivity index (χ1n) is 10.0. The van der Waals surface area contributed by atoms with Crippen LogP contribution >= 0.6 is 0 Å². The summed E-state index contributed by atoms with van der Waals surface area (Å²) < 4.78 is 11.4. The number of ether oxygens (including phenoxy) is 2. The Kier molecular flexibility index (Phi) is 3.70. The summed E-state index contributed by atoms with van der Waals surface area (Å²) in [5.41, 5.74) is -5.93. The molecule has 8 unspecified atom stereocenters. The predicted octanol–water partition coefficient (Wildman–Crippen LogP) is -2.16. The second kappa shape index (κ2) is 5.40. The molecular formula is C20H28O9. The van der Waals surface area contributed by atoms with E-state index in [1.807, 2.05) is 0 Å². The minimum absolute atomic E-state index is 0.179. The number of hydrogen-bond donors (Lipinski definition) is 6. The lowest BCUT2D eigenvalue weighted by molar-refractivity contribution is -0.355. The van der Waals surface area contributed by atoms with Gasteiger partial charge in [-0.1, -0.05) is 18.6 Å². The van der Waals surface area contributed by atoms with Crippen LogP contribution in [-0.2, 0) is 14.3 Å². The normalized spacial score (nSPS) is 63.3. The SMILES string of the molecule is CC1=CC(O)C(O)[C@@]2(C)C1CC1OC(=O)C(O)[C@]3(O)[C@]14CO[C@]3(C)C(O)C(O)C24. The first-order chi connectivity index (χ1) is 13.4. The van der Waals surface area contributed by atoms with E-state index in [9.17, 15) is 35.4 Å². The smallest absolute Gasteiger partial charge is 0.338 e. The average Bonchev–Trinajstić information content (AvgIpc) is 2.85. The van der Waals surface area contributed by atoms with Gasteiger partial charge in [0.1, 0.15) is 23.4 Å². The fourth-order valence-electron chi connectivity index (χ4n) is 7.72. The molecule has 2 aliphatic heterocycles. The van der Waals surface area contributed by atoms with Gasteiger partial charge in [0.25, 0.3) is 0 Å². The van der Waals surface area contributed by atoms with Crippen LogP contribution in [0.3, 0.4) is 0 Å². The molecule has 2 heterocycles. The van der Waals surface area contributed by atoms with Gasteiger partial charge in [0.15, 0.2) is 6.10 Å². The van der Waals surface area contributed by atoms with Crippen LogP contribution in [0.2, 0.25) is 0 Å². The maximum atomic E-state index is 12.5. The largest absolute Gasteiger partial charge is 0.460 e. The Balaban J connectivity index is 1.82. The predicted molar refractivity (Wildman–Crippen MR) is 95.1 cm³/mol. The molecule has 162 valence electrons. The highest BCUT2D eigenvalue weighted by Gasteiger charge is 2.88. The Hall–Kier alpha value is -1.07. The summed E-state index contributed by atoms with van der Waals surface area (Å²) in [6.07, 6.45) is -6.71.